The molecule has 0 fully saturated rings. The molecule has 4 heteroatoms. The summed E-state index contributed by atoms with van der Waals surface area (Å²) in [6, 6.07) is 3.68. The van der Waals surface area contributed by atoms with Crippen LogP contribution < -0.4 is 4.62 Å². The van der Waals surface area contributed by atoms with Crippen LogP contribution in [0.3, 0.4) is 0 Å². The molecule has 0 N–H and O–H groups in total. The second kappa shape index (κ2) is 4.50. The second-order valence-electron chi connectivity index (χ2n) is 1.86. The standard InChI is InChI=1S/C7H9O2PS/c1-2-5-9-10(8)7-4-3-6-11-7/h2-4,6,10H,1,5H2. The highest BCUT2D eigenvalue weighted by Gasteiger charge is 2.01. The van der Waals surface area contributed by atoms with Gasteiger partial charge in [0.25, 0.3) is 0 Å². The molecule has 1 rings (SSSR count). The zero-order valence-electron chi connectivity index (χ0n) is 5.95. The average Bonchev–Trinajstić information content (AvgIpc) is 2.52. The summed E-state index contributed by atoms with van der Waals surface area (Å²) in [5.74, 6) is 0. The van der Waals surface area contributed by atoms with E-state index in [1.165, 1.54) is 11.3 Å². The van der Waals surface area contributed by atoms with E-state index in [1.807, 2.05) is 17.5 Å². The maximum Gasteiger partial charge on any atom is 0.230 e. The van der Waals surface area contributed by atoms with Crippen molar-refractivity contribution in [1.82, 2.24) is 0 Å². The molecule has 0 saturated heterocycles. The van der Waals surface area contributed by atoms with E-state index in [1.54, 1.807) is 6.08 Å². The molecule has 60 valence electrons. The highest BCUT2D eigenvalue weighted by Crippen LogP contribution is 2.23. The van der Waals surface area contributed by atoms with Crippen LogP contribution in [0.2, 0.25) is 0 Å². The van der Waals surface area contributed by atoms with Gasteiger partial charge in [0.2, 0.25) is 8.03 Å². The van der Waals surface area contributed by atoms with E-state index >= 15 is 0 Å². The Labute approximate surface area is 70.4 Å². The topological polar surface area (TPSA) is 26.3 Å². The molecule has 1 aromatic rings. The fourth-order valence-electron chi connectivity index (χ4n) is 0.600. The maximum absolute atomic E-state index is 11.2. The largest absolute Gasteiger partial charge is 0.323 e. The van der Waals surface area contributed by atoms with Gasteiger partial charge < -0.3 is 4.52 Å². The third-order valence-corrected chi connectivity index (χ3v) is 3.59. The molecule has 0 spiro atoms. The molecular weight excluding hydrogens is 179 g/mol. The number of hydrogen-bond acceptors (Lipinski definition) is 3. The van der Waals surface area contributed by atoms with Crippen molar-refractivity contribution < 1.29 is 9.09 Å². The molecule has 0 aliphatic rings. The highest BCUT2D eigenvalue weighted by atomic mass is 32.1. The summed E-state index contributed by atoms with van der Waals surface area (Å²) in [7, 11) is -1.99. The normalized spacial score (nSPS) is 12.7. The molecule has 0 bridgehead atoms. The highest BCUT2D eigenvalue weighted by molar-refractivity contribution is 7.57. The van der Waals surface area contributed by atoms with Gasteiger partial charge in [0.15, 0.2) is 0 Å². The summed E-state index contributed by atoms with van der Waals surface area (Å²) in [6.07, 6.45) is 1.59. The van der Waals surface area contributed by atoms with Crippen LogP contribution in [0.5, 0.6) is 0 Å². The number of hydrogen-bond donors (Lipinski definition) is 0. The smallest absolute Gasteiger partial charge is 0.230 e. The predicted octanol–water partition coefficient (Wildman–Crippen LogP) is 2.05. The van der Waals surface area contributed by atoms with Crippen molar-refractivity contribution in [2.75, 3.05) is 6.61 Å². The zero-order valence-corrected chi connectivity index (χ0v) is 7.76. The molecule has 0 aliphatic heterocycles. The molecule has 1 aromatic heterocycles. The predicted molar refractivity (Wildman–Crippen MR) is 49.1 cm³/mol. The Kier molecular flexibility index (Phi) is 3.57. The van der Waals surface area contributed by atoms with Crippen LogP contribution in [0.4, 0.5) is 0 Å². The van der Waals surface area contributed by atoms with Crippen LogP contribution in [0.25, 0.3) is 0 Å². The number of thiophene rings is 1. The van der Waals surface area contributed by atoms with E-state index in [0.717, 1.165) is 4.62 Å². The molecule has 0 radical (unpaired) electrons. The first-order valence-corrected chi connectivity index (χ1v) is 5.35. The minimum atomic E-state index is -1.99. The summed E-state index contributed by atoms with van der Waals surface area (Å²) >= 11 is 1.45. The third kappa shape index (κ3) is 2.62. The lowest BCUT2D eigenvalue weighted by Gasteiger charge is -1.96. The average molecular weight is 188 g/mol. The van der Waals surface area contributed by atoms with Gasteiger partial charge >= 0.3 is 0 Å². The minimum absolute atomic E-state index is 0.357. The minimum Gasteiger partial charge on any atom is -0.323 e. The van der Waals surface area contributed by atoms with Gasteiger partial charge in [-0.3, -0.25) is 4.57 Å². The lowest BCUT2D eigenvalue weighted by Crippen LogP contribution is -1.90. The lowest BCUT2D eigenvalue weighted by molar-refractivity contribution is 0.379. The molecular formula is C7H9O2PS. The van der Waals surface area contributed by atoms with E-state index in [2.05, 4.69) is 6.58 Å². The van der Waals surface area contributed by atoms with Crippen LogP contribution >= 0.6 is 19.4 Å². The first-order valence-electron chi connectivity index (χ1n) is 3.16. The molecule has 2 nitrogen and oxygen atoms in total. The Bertz CT molecular complexity index is 243. The Morgan fingerprint density at radius 2 is 2.64 bits per heavy atom. The summed E-state index contributed by atoms with van der Waals surface area (Å²) < 4.78 is 17.0. The van der Waals surface area contributed by atoms with Crippen molar-refractivity contribution in [3.05, 3.63) is 30.2 Å². The maximum atomic E-state index is 11.2. The van der Waals surface area contributed by atoms with Crippen molar-refractivity contribution in [3.63, 3.8) is 0 Å². The van der Waals surface area contributed by atoms with E-state index < -0.39 is 8.03 Å². The van der Waals surface area contributed by atoms with Gasteiger partial charge in [-0.25, -0.2) is 0 Å². The van der Waals surface area contributed by atoms with Gasteiger partial charge in [0.1, 0.15) is 0 Å². The Hall–Kier alpha value is -0.370. The van der Waals surface area contributed by atoms with Crippen molar-refractivity contribution in [2.24, 2.45) is 0 Å². The van der Waals surface area contributed by atoms with Crippen molar-refractivity contribution >= 4 is 24.0 Å². The van der Waals surface area contributed by atoms with Crippen LogP contribution in [0.15, 0.2) is 30.2 Å². The SMILES string of the molecule is C=CCO[PH](=O)c1cccs1. The second-order valence-corrected chi connectivity index (χ2v) is 4.58. The summed E-state index contributed by atoms with van der Waals surface area (Å²) in [6.45, 7) is 3.83. The van der Waals surface area contributed by atoms with Gasteiger partial charge in [0, 0.05) is 0 Å². The van der Waals surface area contributed by atoms with E-state index in [-0.39, 0.29) is 0 Å². The van der Waals surface area contributed by atoms with Crippen LogP contribution in [0, 0.1) is 0 Å². The molecule has 1 atom stereocenters. The first-order chi connectivity index (χ1) is 5.34. The van der Waals surface area contributed by atoms with E-state index in [0.29, 0.717) is 6.61 Å². The molecule has 0 aromatic carbocycles. The fraction of sp³-hybridized carbons (Fsp3) is 0.143. The lowest BCUT2D eigenvalue weighted by atomic mass is 10.7. The molecule has 0 amide bonds. The van der Waals surface area contributed by atoms with Crippen molar-refractivity contribution in [3.8, 4) is 0 Å². The Morgan fingerprint density at radius 1 is 1.82 bits per heavy atom. The zero-order chi connectivity index (χ0) is 8.10. The van der Waals surface area contributed by atoms with Crippen LogP contribution in [-0.4, -0.2) is 6.61 Å². The van der Waals surface area contributed by atoms with E-state index in [9.17, 15) is 4.57 Å². The fourth-order valence-corrected chi connectivity index (χ4v) is 2.47. The molecule has 11 heavy (non-hydrogen) atoms. The van der Waals surface area contributed by atoms with Crippen molar-refractivity contribution in [2.45, 2.75) is 0 Å². The van der Waals surface area contributed by atoms with Gasteiger partial charge in [0.05, 0.1) is 11.2 Å². The van der Waals surface area contributed by atoms with E-state index in [4.69, 9.17) is 4.52 Å². The summed E-state index contributed by atoms with van der Waals surface area (Å²) in [5.41, 5.74) is 0. The number of rotatable bonds is 4. The van der Waals surface area contributed by atoms with Gasteiger partial charge in [-0.05, 0) is 11.4 Å². The molecule has 1 heterocycles. The Morgan fingerprint density at radius 3 is 3.18 bits per heavy atom. The summed E-state index contributed by atoms with van der Waals surface area (Å²) in [5, 5.41) is 1.88. The summed E-state index contributed by atoms with van der Waals surface area (Å²) in [4.78, 5) is 0. The van der Waals surface area contributed by atoms with Gasteiger partial charge in [-0.15, -0.1) is 17.9 Å². The third-order valence-electron chi connectivity index (χ3n) is 1.05. The van der Waals surface area contributed by atoms with Crippen LogP contribution in [0.1, 0.15) is 0 Å². The van der Waals surface area contributed by atoms with Crippen molar-refractivity contribution in [1.29, 1.82) is 0 Å². The van der Waals surface area contributed by atoms with Crippen LogP contribution in [-0.2, 0) is 9.09 Å². The molecule has 0 aliphatic carbocycles. The first kappa shape index (κ1) is 8.72. The quantitative estimate of drug-likeness (QED) is 0.534. The molecule has 0 saturated carbocycles. The molecule has 1 unspecified atom stereocenters. The van der Waals surface area contributed by atoms with Gasteiger partial charge in [-0.1, -0.05) is 12.1 Å². The Balaban J connectivity index is 2.49. The van der Waals surface area contributed by atoms with Gasteiger partial charge in [-0.2, -0.15) is 0 Å². The monoisotopic (exact) mass is 188 g/mol.